The molecule has 2 nitrogen and oxygen atoms in total. The van der Waals surface area contributed by atoms with E-state index in [0.717, 1.165) is 0 Å². The van der Waals surface area contributed by atoms with Gasteiger partial charge in [-0.1, -0.05) is 17.7 Å². The summed E-state index contributed by atoms with van der Waals surface area (Å²) in [7, 11) is 0. The summed E-state index contributed by atoms with van der Waals surface area (Å²) in [4.78, 5) is 0. The number of aliphatic hydroxyl groups is 1. The summed E-state index contributed by atoms with van der Waals surface area (Å²) >= 11 is 1.43. The molecule has 3 heteroatoms. The highest BCUT2D eigenvalue weighted by Gasteiger charge is 2.27. The maximum absolute atomic E-state index is 9.74. The van der Waals surface area contributed by atoms with Crippen LogP contribution >= 0.6 is 11.8 Å². The van der Waals surface area contributed by atoms with Crippen LogP contribution in [0.2, 0.25) is 0 Å². The van der Waals surface area contributed by atoms with Crippen molar-refractivity contribution in [1.29, 1.82) is 0 Å². The molecule has 1 fully saturated rings. The zero-order chi connectivity index (χ0) is 8.16. The van der Waals surface area contributed by atoms with Gasteiger partial charge in [0.25, 0.3) is 0 Å². The van der Waals surface area contributed by atoms with Gasteiger partial charge in [0.2, 0.25) is 0 Å². The Morgan fingerprint density at radius 3 is 2.64 bits per heavy atom. The van der Waals surface area contributed by atoms with Crippen molar-refractivity contribution in [1.82, 2.24) is 0 Å². The van der Waals surface area contributed by atoms with Crippen molar-refractivity contribution in [2.24, 2.45) is 0 Å². The largest absolute Gasteiger partial charge is 0.381 e. The van der Waals surface area contributed by atoms with Crippen LogP contribution in [-0.4, -0.2) is 30.2 Å². The molecule has 11 heavy (non-hydrogen) atoms. The molecule has 1 aliphatic rings. The molecule has 0 bridgehead atoms. The fraction of sp³-hybridized carbons (Fsp3) is 0.750. The zero-order valence-corrected chi connectivity index (χ0v) is 7.41. The standard InChI is InChI=1S/C8H12O2S/c1-11-7-4-8(9)2-5-10-6-3-8/h9H,2-3,5-6H2,1H3. The smallest absolute Gasteiger partial charge is 0.130 e. The van der Waals surface area contributed by atoms with Gasteiger partial charge in [0.1, 0.15) is 5.60 Å². The highest BCUT2D eigenvalue weighted by Crippen LogP contribution is 2.19. The van der Waals surface area contributed by atoms with Crippen LogP contribution in [0.4, 0.5) is 0 Å². The van der Waals surface area contributed by atoms with E-state index in [4.69, 9.17) is 4.74 Å². The first-order valence-corrected chi connectivity index (χ1v) is 4.85. The minimum atomic E-state index is -0.777. The molecule has 1 heterocycles. The molecule has 1 rings (SSSR count). The monoisotopic (exact) mass is 172 g/mol. The second-order valence-electron chi connectivity index (χ2n) is 2.58. The molecular formula is C8H12O2S. The molecule has 0 aromatic heterocycles. The SMILES string of the molecule is CSC#CC1(O)CCOCC1. The van der Waals surface area contributed by atoms with Gasteiger partial charge in [-0.2, -0.15) is 0 Å². The van der Waals surface area contributed by atoms with Gasteiger partial charge in [-0.3, -0.25) is 0 Å². The fourth-order valence-electron chi connectivity index (χ4n) is 0.980. The maximum Gasteiger partial charge on any atom is 0.130 e. The van der Waals surface area contributed by atoms with Gasteiger partial charge >= 0.3 is 0 Å². The summed E-state index contributed by atoms with van der Waals surface area (Å²) in [5, 5.41) is 12.6. The number of ether oxygens (including phenoxy) is 1. The maximum atomic E-state index is 9.74. The summed E-state index contributed by atoms with van der Waals surface area (Å²) < 4.78 is 5.11. The Labute approximate surface area is 71.3 Å². The Kier molecular flexibility index (Phi) is 3.25. The lowest BCUT2D eigenvalue weighted by Gasteiger charge is -2.26. The second kappa shape index (κ2) is 4.01. The molecule has 62 valence electrons. The fourth-order valence-corrected chi connectivity index (χ4v) is 1.27. The molecule has 0 unspecified atom stereocenters. The molecule has 0 spiro atoms. The van der Waals surface area contributed by atoms with Gasteiger partial charge in [0.15, 0.2) is 0 Å². The van der Waals surface area contributed by atoms with E-state index >= 15 is 0 Å². The van der Waals surface area contributed by atoms with Crippen LogP contribution in [0.1, 0.15) is 12.8 Å². The minimum Gasteiger partial charge on any atom is -0.381 e. The summed E-state index contributed by atoms with van der Waals surface area (Å²) in [5.41, 5.74) is -0.777. The third-order valence-electron chi connectivity index (χ3n) is 1.71. The minimum absolute atomic E-state index is 0.625. The Bertz CT molecular complexity index is 174. The number of rotatable bonds is 0. The lowest BCUT2D eigenvalue weighted by atomic mass is 9.96. The van der Waals surface area contributed by atoms with Crippen molar-refractivity contribution < 1.29 is 9.84 Å². The molecule has 0 aliphatic carbocycles. The van der Waals surface area contributed by atoms with E-state index < -0.39 is 5.60 Å². The van der Waals surface area contributed by atoms with Crippen LogP contribution in [0.5, 0.6) is 0 Å². The molecule has 1 saturated heterocycles. The van der Waals surface area contributed by atoms with Crippen molar-refractivity contribution in [2.75, 3.05) is 19.5 Å². The normalized spacial score (nSPS) is 22.0. The van der Waals surface area contributed by atoms with Gasteiger partial charge < -0.3 is 9.84 Å². The Balaban J connectivity index is 2.49. The van der Waals surface area contributed by atoms with E-state index in [1.165, 1.54) is 11.8 Å². The van der Waals surface area contributed by atoms with Crippen LogP contribution in [-0.2, 0) is 4.74 Å². The average Bonchev–Trinajstić information content (AvgIpc) is 2.03. The zero-order valence-electron chi connectivity index (χ0n) is 6.59. The van der Waals surface area contributed by atoms with Crippen molar-refractivity contribution in [2.45, 2.75) is 18.4 Å². The summed E-state index contributed by atoms with van der Waals surface area (Å²) in [5.74, 6) is 2.84. The number of hydrogen-bond donors (Lipinski definition) is 1. The van der Waals surface area contributed by atoms with E-state index in [0.29, 0.717) is 26.1 Å². The third-order valence-corrected chi connectivity index (χ3v) is 2.01. The molecule has 1 N–H and O–H groups in total. The number of thioether (sulfide) groups is 1. The van der Waals surface area contributed by atoms with Gasteiger partial charge in [0.05, 0.1) is 13.2 Å². The molecule has 1 aliphatic heterocycles. The summed E-state index contributed by atoms with van der Waals surface area (Å²) in [6.45, 7) is 1.25. The van der Waals surface area contributed by atoms with E-state index in [2.05, 4.69) is 11.2 Å². The van der Waals surface area contributed by atoms with Crippen LogP contribution in [0, 0.1) is 11.2 Å². The number of hydrogen-bond acceptors (Lipinski definition) is 3. The van der Waals surface area contributed by atoms with Gasteiger partial charge in [-0.05, 0) is 11.5 Å². The first-order valence-electron chi connectivity index (χ1n) is 3.62. The highest BCUT2D eigenvalue weighted by atomic mass is 32.2. The predicted octanol–water partition coefficient (Wildman–Crippen LogP) is 0.852. The lowest BCUT2D eigenvalue weighted by Crippen LogP contribution is -2.34. The Morgan fingerprint density at radius 1 is 1.45 bits per heavy atom. The van der Waals surface area contributed by atoms with Gasteiger partial charge in [-0.25, -0.2) is 0 Å². The average molecular weight is 172 g/mol. The van der Waals surface area contributed by atoms with Crippen molar-refractivity contribution in [3.05, 3.63) is 0 Å². The molecule has 0 aromatic rings. The lowest BCUT2D eigenvalue weighted by molar-refractivity contribution is -0.0261. The highest BCUT2D eigenvalue weighted by molar-refractivity contribution is 8.03. The van der Waals surface area contributed by atoms with Crippen LogP contribution in [0.15, 0.2) is 0 Å². The Hall–Kier alpha value is -0.170. The van der Waals surface area contributed by atoms with Gasteiger partial charge in [0, 0.05) is 12.8 Å². The molecule has 0 radical (unpaired) electrons. The quantitative estimate of drug-likeness (QED) is 0.549. The summed E-state index contributed by atoms with van der Waals surface area (Å²) in [6, 6.07) is 0. The van der Waals surface area contributed by atoms with E-state index in [9.17, 15) is 5.11 Å². The van der Waals surface area contributed by atoms with Crippen molar-refractivity contribution in [3.63, 3.8) is 0 Å². The van der Waals surface area contributed by atoms with Crippen LogP contribution < -0.4 is 0 Å². The van der Waals surface area contributed by atoms with Crippen molar-refractivity contribution >= 4 is 11.8 Å². The molecular weight excluding hydrogens is 160 g/mol. The first kappa shape index (κ1) is 8.92. The molecule has 0 aromatic carbocycles. The van der Waals surface area contributed by atoms with Crippen molar-refractivity contribution in [3.8, 4) is 11.2 Å². The summed E-state index contributed by atoms with van der Waals surface area (Å²) in [6.07, 6.45) is 3.18. The molecule has 0 atom stereocenters. The van der Waals surface area contributed by atoms with E-state index in [1.54, 1.807) is 0 Å². The topological polar surface area (TPSA) is 29.5 Å². The molecule has 0 amide bonds. The molecule has 0 saturated carbocycles. The second-order valence-corrected chi connectivity index (χ2v) is 3.19. The third kappa shape index (κ3) is 2.74. The Morgan fingerprint density at radius 2 is 2.09 bits per heavy atom. The van der Waals surface area contributed by atoms with E-state index in [1.807, 2.05) is 6.26 Å². The van der Waals surface area contributed by atoms with Gasteiger partial charge in [-0.15, -0.1) is 0 Å². The first-order chi connectivity index (χ1) is 5.27. The van der Waals surface area contributed by atoms with Crippen LogP contribution in [0.25, 0.3) is 0 Å². The predicted molar refractivity (Wildman–Crippen MR) is 46.3 cm³/mol. The van der Waals surface area contributed by atoms with Crippen LogP contribution in [0.3, 0.4) is 0 Å². The van der Waals surface area contributed by atoms with E-state index in [-0.39, 0.29) is 0 Å².